The number of halogens is 1. The zero-order chi connectivity index (χ0) is 16.7. The molecule has 0 spiro atoms. The molecule has 3 aromatic heterocycles. The number of nitrogens with zero attached hydrogens (tertiary/aromatic N) is 3. The van der Waals surface area contributed by atoms with Crippen LogP contribution in [0.2, 0.25) is 0 Å². The summed E-state index contributed by atoms with van der Waals surface area (Å²) in [7, 11) is 0. The molecule has 0 unspecified atom stereocenters. The van der Waals surface area contributed by atoms with Crippen LogP contribution >= 0.6 is 27.3 Å². The number of hydrogen-bond acceptors (Lipinski definition) is 6. The third kappa shape index (κ3) is 3.11. The number of aromatic nitrogens is 4. The van der Waals surface area contributed by atoms with Gasteiger partial charge in [0.25, 0.3) is 0 Å². The van der Waals surface area contributed by atoms with E-state index in [2.05, 4.69) is 41.4 Å². The second-order valence-electron chi connectivity index (χ2n) is 5.72. The molecule has 24 heavy (non-hydrogen) atoms. The monoisotopic (exact) mass is 403 g/mol. The SMILES string of the molecule is CC(=O)c1ccc(-c2ncc(Br)c(Nc3cc(C4CC4)[nH]n3)n2)s1. The molecule has 1 saturated carbocycles. The van der Waals surface area contributed by atoms with Gasteiger partial charge in [0.1, 0.15) is 5.82 Å². The summed E-state index contributed by atoms with van der Waals surface area (Å²) in [6.45, 7) is 1.56. The highest BCUT2D eigenvalue weighted by Crippen LogP contribution is 2.40. The molecule has 3 heterocycles. The van der Waals surface area contributed by atoms with Crippen molar-refractivity contribution in [1.82, 2.24) is 20.2 Å². The molecule has 1 fully saturated rings. The van der Waals surface area contributed by atoms with E-state index < -0.39 is 0 Å². The summed E-state index contributed by atoms with van der Waals surface area (Å²) in [6.07, 6.45) is 4.14. The Hall–Kier alpha value is -2.06. The van der Waals surface area contributed by atoms with Crippen LogP contribution in [0.15, 0.2) is 28.9 Å². The maximum Gasteiger partial charge on any atom is 0.171 e. The molecule has 1 aliphatic carbocycles. The number of hydrogen-bond donors (Lipinski definition) is 2. The third-order valence-electron chi connectivity index (χ3n) is 3.78. The number of aromatic amines is 1. The second kappa shape index (κ2) is 6.10. The second-order valence-corrected chi connectivity index (χ2v) is 7.66. The zero-order valence-electron chi connectivity index (χ0n) is 12.8. The predicted molar refractivity (Wildman–Crippen MR) is 96.9 cm³/mol. The van der Waals surface area contributed by atoms with Crippen molar-refractivity contribution in [2.24, 2.45) is 0 Å². The van der Waals surface area contributed by atoms with Crippen molar-refractivity contribution in [1.29, 1.82) is 0 Å². The van der Waals surface area contributed by atoms with Gasteiger partial charge in [0.05, 0.1) is 14.2 Å². The van der Waals surface area contributed by atoms with Crippen LogP contribution in [0.25, 0.3) is 10.7 Å². The Morgan fingerprint density at radius 2 is 2.25 bits per heavy atom. The van der Waals surface area contributed by atoms with E-state index in [9.17, 15) is 4.79 Å². The van der Waals surface area contributed by atoms with E-state index in [1.165, 1.54) is 24.2 Å². The van der Waals surface area contributed by atoms with Crippen LogP contribution in [-0.4, -0.2) is 25.9 Å². The number of rotatable bonds is 5. The van der Waals surface area contributed by atoms with E-state index in [0.717, 1.165) is 20.9 Å². The van der Waals surface area contributed by atoms with Crippen molar-refractivity contribution in [3.05, 3.63) is 39.4 Å². The minimum absolute atomic E-state index is 0.0471. The van der Waals surface area contributed by atoms with Gasteiger partial charge in [-0.15, -0.1) is 11.3 Å². The molecule has 0 saturated heterocycles. The molecule has 6 nitrogen and oxygen atoms in total. The number of ketones is 1. The predicted octanol–water partition coefficient (Wildman–Crippen LogP) is 4.51. The van der Waals surface area contributed by atoms with Crippen molar-refractivity contribution in [3.8, 4) is 10.7 Å². The standard InChI is InChI=1S/C16H14BrN5OS/c1-8(23)12-4-5-13(24-12)16-18-7-10(17)15(20-16)19-14-6-11(21-22-14)9-2-3-9/h4-7,9H,2-3H2,1H3,(H2,18,19,20,21,22). The highest BCUT2D eigenvalue weighted by Gasteiger charge is 2.25. The fraction of sp³-hybridized carbons (Fsp3) is 0.250. The van der Waals surface area contributed by atoms with Crippen LogP contribution < -0.4 is 5.32 Å². The summed E-state index contributed by atoms with van der Waals surface area (Å²) >= 11 is 4.85. The Kier molecular flexibility index (Phi) is 3.93. The van der Waals surface area contributed by atoms with Gasteiger partial charge in [-0.2, -0.15) is 5.10 Å². The van der Waals surface area contributed by atoms with Crippen molar-refractivity contribution in [3.63, 3.8) is 0 Å². The molecule has 0 aromatic carbocycles. The van der Waals surface area contributed by atoms with Gasteiger partial charge in [0, 0.05) is 23.9 Å². The summed E-state index contributed by atoms with van der Waals surface area (Å²) in [5.74, 6) is 2.63. The first-order valence-corrected chi connectivity index (χ1v) is 9.17. The molecule has 3 aromatic rings. The first-order chi connectivity index (χ1) is 11.6. The molecule has 0 atom stereocenters. The Labute approximate surface area is 150 Å². The van der Waals surface area contributed by atoms with Crippen molar-refractivity contribution in [2.75, 3.05) is 5.32 Å². The van der Waals surface area contributed by atoms with Gasteiger partial charge in [-0.3, -0.25) is 9.89 Å². The summed E-state index contributed by atoms with van der Waals surface area (Å²) in [5.41, 5.74) is 1.16. The zero-order valence-corrected chi connectivity index (χ0v) is 15.2. The highest BCUT2D eigenvalue weighted by atomic mass is 79.9. The maximum atomic E-state index is 11.5. The van der Waals surface area contributed by atoms with Crippen LogP contribution in [0.1, 0.15) is 41.0 Å². The van der Waals surface area contributed by atoms with Crippen molar-refractivity contribution < 1.29 is 4.79 Å². The number of nitrogens with one attached hydrogen (secondary N) is 2. The van der Waals surface area contributed by atoms with Crippen molar-refractivity contribution >= 4 is 44.7 Å². The molecule has 0 aliphatic heterocycles. The Bertz CT molecular complexity index is 915. The van der Waals surface area contributed by atoms with Gasteiger partial charge in [0.2, 0.25) is 0 Å². The Morgan fingerprint density at radius 1 is 1.42 bits per heavy atom. The van der Waals surface area contributed by atoms with E-state index in [1.54, 1.807) is 19.2 Å². The summed E-state index contributed by atoms with van der Waals surface area (Å²) in [4.78, 5) is 21.9. The number of Topliss-reactive ketones (excluding diaryl/α,β-unsaturated/α-hetero) is 1. The van der Waals surface area contributed by atoms with Crippen LogP contribution in [0.4, 0.5) is 11.6 Å². The molecule has 0 amide bonds. The maximum absolute atomic E-state index is 11.5. The van der Waals surface area contributed by atoms with Crippen LogP contribution in [0.5, 0.6) is 0 Å². The molecule has 0 bridgehead atoms. The van der Waals surface area contributed by atoms with E-state index >= 15 is 0 Å². The van der Waals surface area contributed by atoms with Crippen LogP contribution in [0.3, 0.4) is 0 Å². The fourth-order valence-corrected chi connectivity index (χ4v) is 3.48. The molecule has 0 radical (unpaired) electrons. The highest BCUT2D eigenvalue weighted by molar-refractivity contribution is 9.10. The van der Waals surface area contributed by atoms with Crippen molar-refractivity contribution in [2.45, 2.75) is 25.7 Å². The van der Waals surface area contributed by atoms with E-state index in [1.807, 2.05) is 12.1 Å². The lowest BCUT2D eigenvalue weighted by atomic mass is 10.3. The van der Waals surface area contributed by atoms with Gasteiger partial charge in [-0.1, -0.05) is 0 Å². The molecule has 1 aliphatic rings. The van der Waals surface area contributed by atoms with E-state index in [0.29, 0.717) is 22.4 Å². The van der Waals surface area contributed by atoms with E-state index in [-0.39, 0.29) is 5.78 Å². The minimum atomic E-state index is 0.0471. The largest absolute Gasteiger partial charge is 0.322 e. The molecule has 2 N–H and O–H groups in total. The third-order valence-corrected chi connectivity index (χ3v) is 5.54. The summed E-state index contributed by atoms with van der Waals surface area (Å²) in [6, 6.07) is 5.69. The first kappa shape index (κ1) is 15.5. The van der Waals surface area contributed by atoms with Gasteiger partial charge in [0.15, 0.2) is 17.4 Å². The summed E-state index contributed by atoms with van der Waals surface area (Å²) in [5, 5.41) is 10.6. The molecule has 4 rings (SSSR count). The topological polar surface area (TPSA) is 83.6 Å². The molecule has 8 heteroatoms. The lowest BCUT2D eigenvalue weighted by molar-refractivity contribution is 0.102. The quantitative estimate of drug-likeness (QED) is 0.612. The van der Waals surface area contributed by atoms with Gasteiger partial charge in [-0.05, 0) is 47.8 Å². The number of H-pyrrole nitrogens is 1. The Morgan fingerprint density at radius 3 is 2.96 bits per heavy atom. The minimum Gasteiger partial charge on any atom is -0.322 e. The van der Waals surface area contributed by atoms with Crippen LogP contribution in [0, 0.1) is 0 Å². The first-order valence-electron chi connectivity index (χ1n) is 7.56. The average molecular weight is 404 g/mol. The fourth-order valence-electron chi connectivity index (χ4n) is 2.35. The average Bonchev–Trinajstić information content (AvgIpc) is 3.10. The Balaban J connectivity index is 1.61. The van der Waals surface area contributed by atoms with E-state index in [4.69, 9.17) is 0 Å². The lowest BCUT2D eigenvalue weighted by Gasteiger charge is -2.05. The van der Waals surface area contributed by atoms with Gasteiger partial charge < -0.3 is 5.32 Å². The van der Waals surface area contributed by atoms with Gasteiger partial charge >= 0.3 is 0 Å². The molecule has 122 valence electrons. The summed E-state index contributed by atoms with van der Waals surface area (Å²) < 4.78 is 0.755. The van der Waals surface area contributed by atoms with Crippen LogP contribution in [-0.2, 0) is 0 Å². The number of carbonyl (C=O) groups is 1. The number of thiophene rings is 1. The number of anilines is 2. The molecular formula is C16H14BrN5OS. The lowest BCUT2D eigenvalue weighted by Crippen LogP contribution is -1.98. The van der Waals surface area contributed by atoms with Gasteiger partial charge in [-0.25, -0.2) is 9.97 Å². The smallest absolute Gasteiger partial charge is 0.171 e. The normalized spacial score (nSPS) is 13.9. The number of carbonyl (C=O) groups excluding carboxylic acids is 1. The molecular weight excluding hydrogens is 390 g/mol.